The zero-order valence-corrected chi connectivity index (χ0v) is 16.0. The predicted molar refractivity (Wildman–Crippen MR) is 93.3 cm³/mol. The standard InChI is InChI=1S/C14H22INO11/c15-1-6(19)16-13-10(23)9(22)12(5(3-18)25-13)27-14-11(24)8(21)7(20)4(2-17)26-14/h4-5,7-8,10-11,13-14,17-18,20-24H,1-3H2,(H,16,19)/t4?,5?,7-,8?,10?,11?,13+,14?/m0/s1. The summed E-state index contributed by atoms with van der Waals surface area (Å²) in [6.45, 7) is -1.41. The molecule has 8 N–H and O–H groups in total. The molecule has 12 nitrogen and oxygen atoms in total. The fraction of sp³-hybridized carbons (Fsp3) is 0.786. The van der Waals surface area contributed by atoms with E-state index in [-0.39, 0.29) is 4.43 Å². The number of carbonyl (C=O) groups excluding carboxylic acids is 1. The maximum atomic E-state index is 11.5. The fourth-order valence-electron chi connectivity index (χ4n) is 2.63. The highest BCUT2D eigenvalue weighted by molar-refractivity contribution is 14.1. The number of halogens is 1. The lowest BCUT2D eigenvalue weighted by Crippen LogP contribution is -2.60. The second kappa shape index (κ2) is 9.62. The van der Waals surface area contributed by atoms with Crippen LogP contribution in [-0.4, -0.2) is 108 Å². The molecule has 0 aliphatic carbocycles. The topological polar surface area (TPSA) is 198 Å². The van der Waals surface area contributed by atoms with E-state index in [1.807, 2.05) is 0 Å². The highest BCUT2D eigenvalue weighted by Crippen LogP contribution is 2.30. The molecule has 2 heterocycles. The molecule has 2 rings (SSSR count). The lowest BCUT2D eigenvalue weighted by Gasteiger charge is -2.42. The molecule has 1 fully saturated rings. The number of alkyl halides is 1. The minimum absolute atomic E-state index is 0.0623. The summed E-state index contributed by atoms with van der Waals surface area (Å²) in [5, 5.41) is 70.8. The highest BCUT2D eigenvalue weighted by Gasteiger charge is 2.47. The van der Waals surface area contributed by atoms with E-state index < -0.39 is 79.8 Å². The van der Waals surface area contributed by atoms with Gasteiger partial charge >= 0.3 is 0 Å². The van der Waals surface area contributed by atoms with E-state index >= 15 is 0 Å². The summed E-state index contributed by atoms with van der Waals surface area (Å²) in [5.41, 5.74) is 0. The summed E-state index contributed by atoms with van der Waals surface area (Å²) in [5.74, 6) is -1.76. The molecule has 1 amide bonds. The Labute approximate surface area is 167 Å². The van der Waals surface area contributed by atoms with Gasteiger partial charge in [0.25, 0.3) is 0 Å². The molecule has 0 aromatic carbocycles. The number of carbonyl (C=O) groups is 1. The number of aliphatic hydroxyl groups excluding tert-OH is 7. The summed E-state index contributed by atoms with van der Waals surface area (Å²) in [4.78, 5) is 11.5. The molecule has 6 unspecified atom stereocenters. The second-order valence-corrected chi connectivity index (χ2v) is 6.70. The Balaban J connectivity index is 2.21. The molecular weight excluding hydrogens is 485 g/mol. The normalized spacial score (nSPS) is 40.0. The van der Waals surface area contributed by atoms with Crippen LogP contribution in [-0.2, 0) is 19.0 Å². The molecule has 0 aromatic rings. The maximum absolute atomic E-state index is 11.5. The van der Waals surface area contributed by atoms with Crippen molar-refractivity contribution in [2.24, 2.45) is 0 Å². The van der Waals surface area contributed by atoms with Crippen molar-refractivity contribution in [2.75, 3.05) is 17.6 Å². The van der Waals surface area contributed by atoms with Gasteiger partial charge in [-0.25, -0.2) is 0 Å². The average Bonchev–Trinajstić information content (AvgIpc) is 2.67. The zero-order chi connectivity index (χ0) is 20.3. The first-order valence-corrected chi connectivity index (χ1v) is 9.47. The maximum Gasteiger partial charge on any atom is 0.231 e. The van der Waals surface area contributed by atoms with Crippen LogP contribution in [0.5, 0.6) is 0 Å². The SMILES string of the molecule is O=C(CI)N[C@@H]1OC(CO)C(OC2OC(CO)[C@H](O)C(O)C2O)=C(O)C1O. The van der Waals surface area contributed by atoms with Gasteiger partial charge in [-0.3, -0.25) is 4.79 Å². The molecule has 2 aliphatic heterocycles. The van der Waals surface area contributed by atoms with Crippen LogP contribution < -0.4 is 5.32 Å². The third-order valence-electron chi connectivity index (χ3n) is 4.10. The van der Waals surface area contributed by atoms with Crippen molar-refractivity contribution in [3.8, 4) is 0 Å². The lowest BCUT2D eigenvalue weighted by molar-refractivity contribution is -0.298. The van der Waals surface area contributed by atoms with Gasteiger partial charge in [0.15, 0.2) is 23.9 Å². The molecule has 156 valence electrons. The Morgan fingerprint density at radius 1 is 1.07 bits per heavy atom. The molecule has 0 bridgehead atoms. The molecule has 0 saturated carbocycles. The fourth-order valence-corrected chi connectivity index (χ4v) is 2.85. The van der Waals surface area contributed by atoms with Gasteiger partial charge < -0.3 is 55.3 Å². The quantitative estimate of drug-likeness (QED) is 0.130. The van der Waals surface area contributed by atoms with E-state index in [9.17, 15) is 40.5 Å². The first kappa shape index (κ1) is 22.5. The summed E-state index contributed by atoms with van der Waals surface area (Å²) in [6, 6.07) is 0. The van der Waals surface area contributed by atoms with Gasteiger partial charge in [-0.15, -0.1) is 0 Å². The van der Waals surface area contributed by atoms with E-state index in [2.05, 4.69) is 5.32 Å². The Hall–Kier alpha value is -0.780. The smallest absolute Gasteiger partial charge is 0.231 e. The van der Waals surface area contributed by atoms with Crippen molar-refractivity contribution in [1.29, 1.82) is 0 Å². The number of amides is 1. The summed E-state index contributed by atoms with van der Waals surface area (Å²) < 4.78 is 15.8. The third kappa shape index (κ3) is 4.80. The van der Waals surface area contributed by atoms with Gasteiger partial charge in [-0.2, -0.15) is 0 Å². The number of aliphatic hydroxyl groups is 7. The molecular formula is C14H22INO11. The number of ether oxygens (including phenoxy) is 3. The van der Waals surface area contributed by atoms with Gasteiger partial charge in [0.2, 0.25) is 12.2 Å². The Bertz CT molecular complexity index is 559. The van der Waals surface area contributed by atoms with Crippen LogP contribution in [0.1, 0.15) is 0 Å². The molecule has 27 heavy (non-hydrogen) atoms. The van der Waals surface area contributed by atoms with Crippen molar-refractivity contribution in [3.63, 3.8) is 0 Å². The Morgan fingerprint density at radius 2 is 1.74 bits per heavy atom. The van der Waals surface area contributed by atoms with Crippen LogP contribution in [0.15, 0.2) is 11.5 Å². The third-order valence-corrected chi connectivity index (χ3v) is 4.80. The Kier molecular flexibility index (Phi) is 8.02. The van der Waals surface area contributed by atoms with Crippen molar-refractivity contribution < 1.29 is 54.8 Å². The molecule has 1 saturated heterocycles. The number of nitrogens with one attached hydrogen (secondary N) is 1. The van der Waals surface area contributed by atoms with Crippen molar-refractivity contribution in [3.05, 3.63) is 11.5 Å². The van der Waals surface area contributed by atoms with Gasteiger partial charge in [-0.1, -0.05) is 22.6 Å². The largest absolute Gasteiger partial charge is 0.506 e. The van der Waals surface area contributed by atoms with Crippen LogP contribution in [0, 0.1) is 0 Å². The second-order valence-electron chi connectivity index (χ2n) is 5.94. The van der Waals surface area contributed by atoms with Crippen LogP contribution >= 0.6 is 22.6 Å². The molecule has 8 atom stereocenters. The van der Waals surface area contributed by atoms with Gasteiger partial charge in [-0.05, 0) is 0 Å². The number of rotatable bonds is 6. The van der Waals surface area contributed by atoms with Gasteiger partial charge in [0, 0.05) is 0 Å². The zero-order valence-electron chi connectivity index (χ0n) is 13.9. The molecule has 13 heteroatoms. The van der Waals surface area contributed by atoms with E-state index in [1.165, 1.54) is 0 Å². The molecule has 0 radical (unpaired) electrons. The molecule has 0 spiro atoms. The average molecular weight is 507 g/mol. The van der Waals surface area contributed by atoms with E-state index in [0.29, 0.717) is 0 Å². The van der Waals surface area contributed by atoms with Crippen LogP contribution in [0.2, 0.25) is 0 Å². The van der Waals surface area contributed by atoms with Crippen molar-refractivity contribution in [2.45, 2.75) is 49.1 Å². The van der Waals surface area contributed by atoms with Crippen LogP contribution in [0.3, 0.4) is 0 Å². The summed E-state index contributed by atoms with van der Waals surface area (Å²) >= 11 is 1.78. The first-order valence-electron chi connectivity index (χ1n) is 7.95. The van der Waals surface area contributed by atoms with Crippen LogP contribution in [0.25, 0.3) is 0 Å². The van der Waals surface area contributed by atoms with Gasteiger partial charge in [0.1, 0.15) is 30.5 Å². The lowest BCUT2D eigenvalue weighted by atomic mass is 9.99. The molecule has 0 aromatic heterocycles. The summed E-state index contributed by atoms with van der Waals surface area (Å²) in [6.07, 6.45) is -12.4. The van der Waals surface area contributed by atoms with E-state index in [4.69, 9.17) is 14.2 Å². The molecule has 2 aliphatic rings. The van der Waals surface area contributed by atoms with Crippen molar-refractivity contribution >= 4 is 28.5 Å². The van der Waals surface area contributed by atoms with E-state index in [0.717, 1.165) is 0 Å². The Morgan fingerprint density at radius 3 is 2.30 bits per heavy atom. The number of hydrogen-bond acceptors (Lipinski definition) is 11. The minimum atomic E-state index is -1.77. The number of hydrogen-bond donors (Lipinski definition) is 8. The van der Waals surface area contributed by atoms with Crippen LogP contribution in [0.4, 0.5) is 0 Å². The van der Waals surface area contributed by atoms with E-state index in [1.54, 1.807) is 22.6 Å². The highest BCUT2D eigenvalue weighted by atomic mass is 127. The summed E-state index contributed by atoms with van der Waals surface area (Å²) in [7, 11) is 0. The first-order chi connectivity index (χ1) is 12.7. The minimum Gasteiger partial charge on any atom is -0.506 e. The van der Waals surface area contributed by atoms with Gasteiger partial charge in [0.05, 0.1) is 17.6 Å². The monoisotopic (exact) mass is 507 g/mol. The van der Waals surface area contributed by atoms with Crippen molar-refractivity contribution in [1.82, 2.24) is 5.32 Å². The predicted octanol–water partition coefficient (Wildman–Crippen LogP) is -3.80.